The van der Waals surface area contributed by atoms with Crippen molar-refractivity contribution in [2.45, 2.75) is 49.4 Å². The van der Waals surface area contributed by atoms with Crippen LogP contribution in [0.15, 0.2) is 18.2 Å². The Balaban J connectivity index is 1.54. The number of hydrogen-bond donors (Lipinski definition) is 1. The van der Waals surface area contributed by atoms with Crippen LogP contribution in [0.1, 0.15) is 37.7 Å². The van der Waals surface area contributed by atoms with E-state index in [4.69, 9.17) is 10.5 Å². The quantitative estimate of drug-likeness (QED) is 0.491. The van der Waals surface area contributed by atoms with Crippen molar-refractivity contribution in [1.82, 2.24) is 4.31 Å². The summed E-state index contributed by atoms with van der Waals surface area (Å²) in [4.78, 5) is 14.2. The Morgan fingerprint density at radius 1 is 1.16 bits per heavy atom. The second-order valence-corrected chi connectivity index (χ2v) is 9.56. The number of hydrogen-bond acceptors (Lipinski definition) is 5. The minimum absolute atomic E-state index is 0.0644. The van der Waals surface area contributed by atoms with Gasteiger partial charge in [-0.15, -0.1) is 0 Å². The molecule has 3 rings (SSSR count). The molecule has 2 aliphatic rings. The fourth-order valence-electron chi connectivity index (χ4n) is 4.01. The molecular weight excluding hydrogens is 434 g/mol. The molecule has 0 saturated carbocycles. The maximum absolute atomic E-state index is 14.4. The Morgan fingerprint density at radius 3 is 2.55 bits per heavy atom. The van der Waals surface area contributed by atoms with Crippen molar-refractivity contribution >= 4 is 23.5 Å². The molecule has 1 unspecified atom stereocenters. The lowest BCUT2D eigenvalue weighted by Gasteiger charge is -2.40. The molecule has 0 aromatic heterocycles. The first-order valence-corrected chi connectivity index (χ1v) is 11.4. The van der Waals surface area contributed by atoms with E-state index >= 15 is 0 Å². The third-order valence-corrected chi connectivity index (χ3v) is 7.40. The Bertz CT molecular complexity index is 747. The summed E-state index contributed by atoms with van der Waals surface area (Å²) in [6.45, 7) is 3.85. The summed E-state index contributed by atoms with van der Waals surface area (Å²) in [5.74, 6) is -0.781. The molecule has 31 heavy (non-hydrogen) atoms. The molecule has 2 fully saturated rings. The first kappa shape index (κ1) is 24.1. The van der Waals surface area contributed by atoms with Crippen LogP contribution >= 0.6 is 11.9 Å². The van der Waals surface area contributed by atoms with E-state index in [1.54, 1.807) is 12.1 Å². The predicted molar refractivity (Wildman–Crippen MR) is 113 cm³/mol. The number of aryl methyl sites for hydroxylation is 1. The average Bonchev–Trinajstić information content (AvgIpc) is 2.95. The maximum atomic E-state index is 14.4. The number of primary amides is 1. The van der Waals surface area contributed by atoms with Crippen LogP contribution in [0.3, 0.4) is 0 Å². The topological polar surface area (TPSA) is 58.8 Å². The van der Waals surface area contributed by atoms with Crippen molar-refractivity contribution in [3.8, 4) is 0 Å². The number of alkyl halides is 3. The molecule has 2 heterocycles. The van der Waals surface area contributed by atoms with Gasteiger partial charge in [-0.25, -0.2) is 8.70 Å². The smallest absolute Gasteiger partial charge is 0.381 e. The standard InChI is InChI=1S/C21H29F4N3O2S/c22-18-15-17(5-4-16(18)3-1-7-21(23,24)25)27-9-11-28(12-10-27)31-20(19(26)29)6-2-13-30-14-8-20/h4-5,15H,1-3,6-14H2,(H2,26,29). The fourth-order valence-corrected chi connectivity index (χ4v) is 5.35. The molecule has 10 heteroatoms. The molecular formula is C21H29F4N3O2S. The third kappa shape index (κ3) is 6.73. The summed E-state index contributed by atoms with van der Waals surface area (Å²) in [7, 11) is 0. The first-order valence-electron chi connectivity index (χ1n) is 10.6. The molecule has 1 aromatic carbocycles. The number of ether oxygens (including phenoxy) is 1. The third-order valence-electron chi connectivity index (χ3n) is 5.82. The second-order valence-electron chi connectivity index (χ2n) is 8.08. The normalized spacial score (nSPS) is 23.5. The number of halogens is 4. The van der Waals surface area contributed by atoms with Crippen LogP contribution in [0, 0.1) is 5.82 Å². The van der Waals surface area contributed by atoms with Gasteiger partial charge in [-0.2, -0.15) is 13.2 Å². The van der Waals surface area contributed by atoms with Gasteiger partial charge < -0.3 is 15.4 Å². The molecule has 1 atom stereocenters. The number of nitrogens with two attached hydrogens (primary N) is 1. The van der Waals surface area contributed by atoms with Crippen LogP contribution in [0.25, 0.3) is 0 Å². The minimum Gasteiger partial charge on any atom is -0.381 e. The first-order chi connectivity index (χ1) is 14.7. The number of nitrogens with zero attached hydrogens (tertiary/aromatic N) is 2. The van der Waals surface area contributed by atoms with E-state index in [1.807, 2.05) is 4.90 Å². The number of benzene rings is 1. The molecule has 2 saturated heterocycles. The van der Waals surface area contributed by atoms with Gasteiger partial charge in [0.15, 0.2) is 0 Å². The van der Waals surface area contributed by atoms with Gasteiger partial charge in [0.1, 0.15) is 10.6 Å². The van der Waals surface area contributed by atoms with Crippen LogP contribution in [-0.2, 0) is 16.0 Å². The number of carbonyl (C=O) groups is 1. The van der Waals surface area contributed by atoms with Gasteiger partial charge in [0.2, 0.25) is 5.91 Å². The predicted octanol–water partition coefficient (Wildman–Crippen LogP) is 3.91. The largest absolute Gasteiger partial charge is 0.389 e. The highest BCUT2D eigenvalue weighted by atomic mass is 32.2. The zero-order chi connectivity index (χ0) is 22.5. The molecule has 0 aliphatic carbocycles. The molecule has 2 N–H and O–H groups in total. The lowest BCUT2D eigenvalue weighted by atomic mass is 9.99. The molecule has 1 amide bonds. The lowest BCUT2D eigenvalue weighted by Crippen LogP contribution is -2.49. The summed E-state index contributed by atoms with van der Waals surface area (Å²) in [6.07, 6.45) is -3.11. The Morgan fingerprint density at radius 2 is 1.90 bits per heavy atom. The van der Waals surface area contributed by atoms with Gasteiger partial charge in [0, 0.05) is 51.5 Å². The van der Waals surface area contributed by atoms with E-state index in [2.05, 4.69) is 4.31 Å². The van der Waals surface area contributed by atoms with Crippen LogP contribution in [-0.4, -0.2) is 60.5 Å². The summed E-state index contributed by atoms with van der Waals surface area (Å²) in [5, 5.41) is 0. The van der Waals surface area contributed by atoms with Crippen molar-refractivity contribution in [1.29, 1.82) is 0 Å². The molecule has 0 spiro atoms. The molecule has 174 valence electrons. The van der Waals surface area contributed by atoms with Gasteiger partial charge in [-0.05, 0) is 49.8 Å². The van der Waals surface area contributed by atoms with Gasteiger partial charge in [-0.1, -0.05) is 18.0 Å². The molecule has 0 bridgehead atoms. The summed E-state index contributed by atoms with van der Waals surface area (Å²) >= 11 is 1.51. The van der Waals surface area contributed by atoms with E-state index in [0.717, 1.165) is 6.42 Å². The van der Waals surface area contributed by atoms with Gasteiger partial charge >= 0.3 is 6.18 Å². The van der Waals surface area contributed by atoms with E-state index < -0.39 is 23.2 Å². The van der Waals surface area contributed by atoms with Crippen LogP contribution < -0.4 is 10.6 Å². The van der Waals surface area contributed by atoms with Crippen LogP contribution in [0.5, 0.6) is 0 Å². The summed E-state index contributed by atoms with van der Waals surface area (Å²) in [6, 6.07) is 4.75. The highest BCUT2D eigenvalue weighted by Gasteiger charge is 2.40. The van der Waals surface area contributed by atoms with Crippen molar-refractivity contribution in [3.05, 3.63) is 29.6 Å². The minimum atomic E-state index is -4.22. The maximum Gasteiger partial charge on any atom is 0.389 e. The zero-order valence-corrected chi connectivity index (χ0v) is 18.2. The number of anilines is 1. The van der Waals surface area contributed by atoms with Crippen molar-refractivity contribution in [2.75, 3.05) is 44.3 Å². The number of piperazine rings is 1. The summed E-state index contributed by atoms with van der Waals surface area (Å²) in [5.41, 5.74) is 6.76. The summed E-state index contributed by atoms with van der Waals surface area (Å²) < 4.78 is 58.3. The molecule has 1 aromatic rings. The van der Waals surface area contributed by atoms with Crippen molar-refractivity contribution < 1.29 is 27.1 Å². The number of rotatable bonds is 7. The van der Waals surface area contributed by atoms with Crippen molar-refractivity contribution in [3.63, 3.8) is 0 Å². The average molecular weight is 464 g/mol. The van der Waals surface area contributed by atoms with E-state index in [1.165, 1.54) is 18.0 Å². The van der Waals surface area contributed by atoms with Crippen LogP contribution in [0.4, 0.5) is 23.2 Å². The number of amides is 1. The monoisotopic (exact) mass is 463 g/mol. The van der Waals surface area contributed by atoms with Gasteiger partial charge in [-0.3, -0.25) is 4.79 Å². The van der Waals surface area contributed by atoms with E-state index in [0.29, 0.717) is 63.5 Å². The highest BCUT2D eigenvalue weighted by Crippen LogP contribution is 2.38. The second kappa shape index (κ2) is 10.4. The van der Waals surface area contributed by atoms with E-state index in [9.17, 15) is 22.4 Å². The number of carbonyl (C=O) groups excluding carboxylic acids is 1. The van der Waals surface area contributed by atoms with Crippen LogP contribution in [0.2, 0.25) is 0 Å². The Hall–Kier alpha value is -1.52. The van der Waals surface area contributed by atoms with Gasteiger partial charge in [0.05, 0.1) is 0 Å². The fraction of sp³-hybridized carbons (Fsp3) is 0.667. The SMILES string of the molecule is NC(=O)C1(SN2CCN(c3ccc(CCCC(F)(F)F)c(F)c3)CC2)CCCOCC1. The zero-order valence-electron chi connectivity index (χ0n) is 17.4. The highest BCUT2D eigenvalue weighted by molar-refractivity contribution is 7.99. The Labute approximate surface area is 184 Å². The van der Waals surface area contributed by atoms with E-state index in [-0.39, 0.29) is 18.7 Å². The molecule has 0 radical (unpaired) electrons. The van der Waals surface area contributed by atoms with Gasteiger partial charge in [0.25, 0.3) is 0 Å². The lowest BCUT2D eigenvalue weighted by molar-refractivity contribution is -0.135. The molecule has 5 nitrogen and oxygen atoms in total. The Kier molecular flexibility index (Phi) is 8.09. The van der Waals surface area contributed by atoms with Crippen molar-refractivity contribution in [2.24, 2.45) is 5.73 Å². The molecule has 2 aliphatic heterocycles.